The van der Waals surface area contributed by atoms with Crippen LogP contribution in [-0.4, -0.2) is 36.1 Å². The number of hydrogen-bond acceptors (Lipinski definition) is 2. The molecule has 3 unspecified atom stereocenters. The van der Waals surface area contributed by atoms with Gasteiger partial charge in [-0.05, 0) is 38.0 Å². The van der Waals surface area contributed by atoms with Gasteiger partial charge < -0.3 is 9.64 Å². The first-order valence-corrected chi connectivity index (χ1v) is 7.20. The Morgan fingerprint density at radius 3 is 2.35 bits per heavy atom. The average Bonchev–Trinajstić information content (AvgIpc) is 2.41. The zero-order valence-corrected chi connectivity index (χ0v) is 12.3. The Kier molecular flexibility index (Phi) is 4.76. The van der Waals surface area contributed by atoms with Crippen LogP contribution in [0.5, 0.6) is 0 Å². The molecule has 1 aliphatic rings. The Labute approximate surface area is 119 Å². The van der Waals surface area contributed by atoms with Gasteiger partial charge in [0.15, 0.2) is 0 Å². The van der Waals surface area contributed by atoms with Crippen molar-refractivity contribution in [3.05, 3.63) is 35.6 Å². The molecule has 0 bridgehead atoms. The van der Waals surface area contributed by atoms with Gasteiger partial charge in [0.1, 0.15) is 5.82 Å². The van der Waals surface area contributed by atoms with Crippen LogP contribution in [0.1, 0.15) is 38.7 Å². The SMILES string of the molecule is CCC(C(=O)N1C(C)COCC1C)c1ccc(F)cc1. The van der Waals surface area contributed by atoms with Gasteiger partial charge in [0.2, 0.25) is 5.91 Å². The molecular formula is C16H22FNO2. The number of hydrogen-bond donors (Lipinski definition) is 0. The molecule has 1 saturated heterocycles. The molecule has 3 nitrogen and oxygen atoms in total. The van der Waals surface area contributed by atoms with E-state index < -0.39 is 0 Å². The molecule has 0 N–H and O–H groups in total. The molecule has 110 valence electrons. The van der Waals surface area contributed by atoms with Crippen molar-refractivity contribution in [3.63, 3.8) is 0 Å². The molecule has 2 rings (SSSR count). The van der Waals surface area contributed by atoms with Crippen molar-refractivity contribution in [1.29, 1.82) is 0 Å². The van der Waals surface area contributed by atoms with E-state index in [1.165, 1.54) is 12.1 Å². The molecule has 0 aliphatic carbocycles. The van der Waals surface area contributed by atoms with E-state index in [9.17, 15) is 9.18 Å². The maximum absolute atomic E-state index is 13.0. The number of rotatable bonds is 3. The fraction of sp³-hybridized carbons (Fsp3) is 0.562. The topological polar surface area (TPSA) is 29.5 Å². The highest BCUT2D eigenvalue weighted by Gasteiger charge is 2.33. The van der Waals surface area contributed by atoms with Crippen LogP contribution in [-0.2, 0) is 9.53 Å². The van der Waals surface area contributed by atoms with Crippen LogP contribution in [0.25, 0.3) is 0 Å². The quantitative estimate of drug-likeness (QED) is 0.851. The number of nitrogens with zero attached hydrogens (tertiary/aromatic N) is 1. The summed E-state index contributed by atoms with van der Waals surface area (Å²) < 4.78 is 18.5. The van der Waals surface area contributed by atoms with E-state index >= 15 is 0 Å². The van der Waals surface area contributed by atoms with Crippen molar-refractivity contribution in [2.75, 3.05) is 13.2 Å². The highest BCUT2D eigenvalue weighted by molar-refractivity contribution is 5.84. The molecule has 20 heavy (non-hydrogen) atoms. The maximum Gasteiger partial charge on any atom is 0.230 e. The van der Waals surface area contributed by atoms with Crippen LogP contribution in [0, 0.1) is 5.82 Å². The number of amides is 1. The van der Waals surface area contributed by atoms with E-state index in [-0.39, 0.29) is 29.7 Å². The van der Waals surface area contributed by atoms with E-state index in [0.29, 0.717) is 19.6 Å². The monoisotopic (exact) mass is 279 g/mol. The van der Waals surface area contributed by atoms with Crippen LogP contribution >= 0.6 is 0 Å². The van der Waals surface area contributed by atoms with Crippen molar-refractivity contribution >= 4 is 5.91 Å². The third-order valence-corrected chi connectivity index (χ3v) is 3.90. The molecule has 1 aromatic rings. The Hall–Kier alpha value is -1.42. The molecule has 0 radical (unpaired) electrons. The average molecular weight is 279 g/mol. The van der Waals surface area contributed by atoms with E-state index in [4.69, 9.17) is 4.74 Å². The smallest absolute Gasteiger partial charge is 0.230 e. The van der Waals surface area contributed by atoms with Gasteiger partial charge in [-0.1, -0.05) is 19.1 Å². The summed E-state index contributed by atoms with van der Waals surface area (Å²) in [5.41, 5.74) is 0.879. The Morgan fingerprint density at radius 1 is 1.30 bits per heavy atom. The first-order valence-electron chi connectivity index (χ1n) is 7.20. The van der Waals surface area contributed by atoms with Crippen molar-refractivity contribution in [3.8, 4) is 0 Å². The summed E-state index contributed by atoms with van der Waals surface area (Å²) in [6, 6.07) is 6.41. The number of morpholine rings is 1. The Bertz CT molecular complexity index is 450. The Balaban J connectivity index is 2.22. The van der Waals surface area contributed by atoms with Crippen LogP contribution in [0.4, 0.5) is 4.39 Å². The van der Waals surface area contributed by atoms with Crippen molar-refractivity contribution in [2.24, 2.45) is 0 Å². The summed E-state index contributed by atoms with van der Waals surface area (Å²) in [5, 5.41) is 0. The molecule has 1 heterocycles. The minimum Gasteiger partial charge on any atom is -0.377 e. The second-order valence-corrected chi connectivity index (χ2v) is 5.49. The molecule has 4 heteroatoms. The first kappa shape index (κ1) is 15.0. The summed E-state index contributed by atoms with van der Waals surface area (Å²) in [7, 11) is 0. The molecule has 0 saturated carbocycles. The summed E-state index contributed by atoms with van der Waals surface area (Å²) in [4.78, 5) is 14.7. The molecule has 3 atom stereocenters. The Morgan fingerprint density at radius 2 is 1.85 bits per heavy atom. The predicted molar refractivity (Wildman–Crippen MR) is 76.0 cm³/mol. The summed E-state index contributed by atoms with van der Waals surface area (Å²) in [6.07, 6.45) is 0.710. The fourth-order valence-electron chi connectivity index (χ4n) is 2.87. The molecule has 0 aromatic heterocycles. The fourth-order valence-corrected chi connectivity index (χ4v) is 2.87. The number of halogens is 1. The lowest BCUT2D eigenvalue weighted by atomic mass is 9.93. The van der Waals surface area contributed by atoms with Crippen LogP contribution in [0.15, 0.2) is 24.3 Å². The second kappa shape index (κ2) is 6.35. The van der Waals surface area contributed by atoms with Crippen LogP contribution in [0.2, 0.25) is 0 Å². The standard InChI is InChI=1S/C16H22FNO2/c1-4-15(13-5-7-14(17)8-6-13)16(19)18-11(2)9-20-10-12(18)3/h5-8,11-12,15H,4,9-10H2,1-3H3. The van der Waals surface area contributed by atoms with Gasteiger partial charge in [-0.25, -0.2) is 4.39 Å². The van der Waals surface area contributed by atoms with Gasteiger partial charge in [0.05, 0.1) is 31.2 Å². The minimum atomic E-state index is -0.274. The van der Waals surface area contributed by atoms with E-state index in [1.54, 1.807) is 12.1 Å². The van der Waals surface area contributed by atoms with E-state index in [2.05, 4.69) is 0 Å². The molecule has 1 aromatic carbocycles. The molecule has 0 spiro atoms. The van der Waals surface area contributed by atoms with Crippen molar-refractivity contribution in [1.82, 2.24) is 4.90 Å². The van der Waals surface area contributed by atoms with Crippen molar-refractivity contribution in [2.45, 2.75) is 45.2 Å². The molecule has 1 fully saturated rings. The normalized spacial score (nSPS) is 24.5. The lowest BCUT2D eigenvalue weighted by molar-refractivity contribution is -0.145. The number of benzene rings is 1. The zero-order chi connectivity index (χ0) is 14.7. The summed E-state index contributed by atoms with van der Waals surface area (Å²) >= 11 is 0. The molecule has 1 amide bonds. The summed E-state index contributed by atoms with van der Waals surface area (Å²) in [5.74, 6) is -0.370. The largest absolute Gasteiger partial charge is 0.377 e. The van der Waals surface area contributed by atoms with Gasteiger partial charge in [-0.15, -0.1) is 0 Å². The maximum atomic E-state index is 13.0. The van der Waals surface area contributed by atoms with Gasteiger partial charge in [-0.2, -0.15) is 0 Å². The van der Waals surface area contributed by atoms with E-state index in [0.717, 1.165) is 5.56 Å². The second-order valence-electron chi connectivity index (χ2n) is 5.49. The number of ether oxygens (including phenoxy) is 1. The highest BCUT2D eigenvalue weighted by atomic mass is 19.1. The first-order chi connectivity index (χ1) is 9.54. The van der Waals surface area contributed by atoms with E-state index in [1.807, 2.05) is 25.7 Å². The van der Waals surface area contributed by atoms with Crippen LogP contribution in [0.3, 0.4) is 0 Å². The minimum absolute atomic E-state index is 0.0840. The lowest BCUT2D eigenvalue weighted by Crippen LogP contribution is -2.53. The number of carbonyl (C=O) groups excluding carboxylic acids is 1. The van der Waals surface area contributed by atoms with Gasteiger partial charge in [0, 0.05) is 0 Å². The van der Waals surface area contributed by atoms with Crippen molar-refractivity contribution < 1.29 is 13.9 Å². The third-order valence-electron chi connectivity index (χ3n) is 3.90. The lowest BCUT2D eigenvalue weighted by Gasteiger charge is -2.40. The molecule has 1 aliphatic heterocycles. The van der Waals surface area contributed by atoms with Gasteiger partial charge in [-0.3, -0.25) is 4.79 Å². The third kappa shape index (κ3) is 3.01. The molecular weight excluding hydrogens is 257 g/mol. The summed E-state index contributed by atoms with van der Waals surface area (Å²) in [6.45, 7) is 7.16. The predicted octanol–water partition coefficient (Wildman–Crippen LogP) is 2.96. The van der Waals surface area contributed by atoms with Gasteiger partial charge >= 0.3 is 0 Å². The number of carbonyl (C=O) groups is 1. The van der Waals surface area contributed by atoms with Gasteiger partial charge in [0.25, 0.3) is 0 Å². The van der Waals surface area contributed by atoms with Crippen LogP contribution < -0.4 is 0 Å². The zero-order valence-electron chi connectivity index (χ0n) is 12.3. The highest BCUT2D eigenvalue weighted by Crippen LogP contribution is 2.26.